The predicted molar refractivity (Wildman–Crippen MR) is 70.5 cm³/mol. The van der Waals surface area contributed by atoms with E-state index >= 15 is 0 Å². The standard InChI is InChI=1S/C13H25N3O2/c1-2-16-7-8-18-11(10-16)9-15-13(17)12-5-3-4-6-14-12/h11-12,14H,2-10H2,1H3,(H,15,17). The van der Waals surface area contributed by atoms with Crippen LogP contribution in [0.2, 0.25) is 0 Å². The van der Waals surface area contributed by atoms with Gasteiger partial charge in [0, 0.05) is 19.6 Å². The quantitative estimate of drug-likeness (QED) is 0.740. The first-order chi connectivity index (χ1) is 8.79. The molecule has 2 aliphatic rings. The second kappa shape index (κ2) is 7.07. The number of carbonyl (C=O) groups excluding carboxylic acids is 1. The molecule has 104 valence electrons. The van der Waals surface area contributed by atoms with Gasteiger partial charge in [-0.1, -0.05) is 13.3 Å². The summed E-state index contributed by atoms with van der Waals surface area (Å²) >= 11 is 0. The van der Waals surface area contributed by atoms with E-state index in [1.54, 1.807) is 0 Å². The van der Waals surface area contributed by atoms with Crippen LogP contribution < -0.4 is 10.6 Å². The first kappa shape index (κ1) is 13.8. The van der Waals surface area contributed by atoms with Gasteiger partial charge in [-0.15, -0.1) is 0 Å². The normalized spacial score (nSPS) is 30.1. The molecule has 0 bridgehead atoms. The lowest BCUT2D eigenvalue weighted by atomic mass is 10.0. The molecule has 2 fully saturated rings. The third kappa shape index (κ3) is 3.93. The second-order valence-corrected chi connectivity index (χ2v) is 5.13. The van der Waals surface area contributed by atoms with E-state index in [9.17, 15) is 4.79 Å². The van der Waals surface area contributed by atoms with Crippen LogP contribution in [0.1, 0.15) is 26.2 Å². The lowest BCUT2D eigenvalue weighted by molar-refractivity contribution is -0.124. The number of rotatable bonds is 4. The van der Waals surface area contributed by atoms with Gasteiger partial charge < -0.3 is 15.4 Å². The van der Waals surface area contributed by atoms with E-state index in [2.05, 4.69) is 22.5 Å². The number of morpholine rings is 1. The molecule has 2 saturated heterocycles. The molecule has 2 aliphatic heterocycles. The van der Waals surface area contributed by atoms with E-state index in [-0.39, 0.29) is 18.1 Å². The summed E-state index contributed by atoms with van der Waals surface area (Å²) in [5.41, 5.74) is 0. The van der Waals surface area contributed by atoms with Crippen LogP contribution in [0.4, 0.5) is 0 Å². The maximum atomic E-state index is 11.9. The maximum Gasteiger partial charge on any atom is 0.237 e. The van der Waals surface area contributed by atoms with Crippen LogP contribution in [0.25, 0.3) is 0 Å². The summed E-state index contributed by atoms with van der Waals surface area (Å²) in [5.74, 6) is 0.131. The number of carbonyl (C=O) groups is 1. The van der Waals surface area contributed by atoms with Crippen molar-refractivity contribution < 1.29 is 9.53 Å². The average Bonchev–Trinajstić information content (AvgIpc) is 2.46. The highest BCUT2D eigenvalue weighted by Gasteiger charge is 2.23. The lowest BCUT2D eigenvalue weighted by Gasteiger charge is -2.32. The molecular formula is C13H25N3O2. The highest BCUT2D eigenvalue weighted by Crippen LogP contribution is 2.07. The highest BCUT2D eigenvalue weighted by atomic mass is 16.5. The van der Waals surface area contributed by atoms with Crippen LogP contribution in [0.5, 0.6) is 0 Å². The number of piperidine rings is 1. The summed E-state index contributed by atoms with van der Waals surface area (Å²) in [6, 6.07) is 0.00428. The monoisotopic (exact) mass is 255 g/mol. The second-order valence-electron chi connectivity index (χ2n) is 5.13. The number of hydrogen-bond donors (Lipinski definition) is 2. The van der Waals surface area contributed by atoms with Crippen LogP contribution in [0.15, 0.2) is 0 Å². The first-order valence-electron chi connectivity index (χ1n) is 7.14. The number of hydrogen-bond acceptors (Lipinski definition) is 4. The van der Waals surface area contributed by atoms with Crippen molar-refractivity contribution in [2.75, 3.05) is 39.3 Å². The predicted octanol–water partition coefficient (Wildman–Crippen LogP) is -0.0346. The molecule has 2 atom stereocenters. The molecule has 0 saturated carbocycles. The molecule has 1 amide bonds. The summed E-state index contributed by atoms with van der Waals surface area (Å²) in [7, 11) is 0. The van der Waals surface area contributed by atoms with E-state index in [1.165, 1.54) is 6.42 Å². The largest absolute Gasteiger partial charge is 0.374 e. The Balaban J connectivity index is 1.68. The number of ether oxygens (including phenoxy) is 1. The molecule has 18 heavy (non-hydrogen) atoms. The minimum Gasteiger partial charge on any atom is -0.374 e. The smallest absolute Gasteiger partial charge is 0.237 e. The molecule has 5 nitrogen and oxygen atoms in total. The van der Waals surface area contributed by atoms with Gasteiger partial charge >= 0.3 is 0 Å². The molecule has 2 heterocycles. The molecule has 2 N–H and O–H groups in total. The fourth-order valence-electron chi connectivity index (χ4n) is 2.60. The van der Waals surface area contributed by atoms with E-state index < -0.39 is 0 Å². The van der Waals surface area contributed by atoms with Crippen LogP contribution >= 0.6 is 0 Å². The van der Waals surface area contributed by atoms with E-state index in [0.29, 0.717) is 6.54 Å². The Kier molecular flexibility index (Phi) is 5.41. The van der Waals surface area contributed by atoms with Crippen molar-refractivity contribution in [3.8, 4) is 0 Å². The van der Waals surface area contributed by atoms with Gasteiger partial charge in [0.15, 0.2) is 0 Å². The van der Waals surface area contributed by atoms with Gasteiger partial charge in [0.05, 0.1) is 18.8 Å². The molecule has 0 radical (unpaired) electrons. The Hall–Kier alpha value is -0.650. The fourth-order valence-corrected chi connectivity index (χ4v) is 2.60. The van der Waals surface area contributed by atoms with Gasteiger partial charge in [-0.05, 0) is 25.9 Å². The Morgan fingerprint density at radius 2 is 2.39 bits per heavy atom. The molecule has 0 spiro atoms. The zero-order valence-electron chi connectivity index (χ0n) is 11.3. The van der Waals surface area contributed by atoms with Crippen molar-refractivity contribution in [1.29, 1.82) is 0 Å². The number of likely N-dealkylation sites (N-methyl/N-ethyl adjacent to an activating group) is 1. The zero-order valence-corrected chi connectivity index (χ0v) is 11.3. The summed E-state index contributed by atoms with van der Waals surface area (Å²) in [6.07, 6.45) is 3.43. The van der Waals surface area contributed by atoms with Crippen LogP contribution in [-0.2, 0) is 9.53 Å². The van der Waals surface area contributed by atoms with Gasteiger partial charge in [-0.3, -0.25) is 9.69 Å². The zero-order chi connectivity index (χ0) is 12.8. The van der Waals surface area contributed by atoms with Crippen molar-refractivity contribution in [2.24, 2.45) is 0 Å². The SMILES string of the molecule is CCN1CCOC(CNC(=O)C2CCCCN2)C1. The summed E-state index contributed by atoms with van der Waals surface area (Å²) in [5, 5.41) is 6.28. The van der Waals surface area contributed by atoms with Crippen LogP contribution in [0.3, 0.4) is 0 Å². The highest BCUT2D eigenvalue weighted by molar-refractivity contribution is 5.81. The Morgan fingerprint density at radius 3 is 3.11 bits per heavy atom. The Labute approximate surface area is 109 Å². The minimum absolute atomic E-state index is 0.00428. The third-order valence-electron chi connectivity index (χ3n) is 3.80. The van der Waals surface area contributed by atoms with Crippen LogP contribution in [0, 0.1) is 0 Å². The molecule has 0 aliphatic carbocycles. The Morgan fingerprint density at radius 1 is 1.50 bits per heavy atom. The third-order valence-corrected chi connectivity index (χ3v) is 3.80. The van der Waals surface area contributed by atoms with Gasteiger partial charge in [-0.25, -0.2) is 0 Å². The molecule has 2 rings (SSSR count). The van der Waals surface area contributed by atoms with Crippen molar-refractivity contribution >= 4 is 5.91 Å². The van der Waals surface area contributed by atoms with Crippen molar-refractivity contribution in [3.05, 3.63) is 0 Å². The van der Waals surface area contributed by atoms with Gasteiger partial charge in [0.1, 0.15) is 0 Å². The van der Waals surface area contributed by atoms with Crippen LogP contribution in [-0.4, -0.2) is 62.3 Å². The average molecular weight is 255 g/mol. The molecule has 2 unspecified atom stereocenters. The summed E-state index contributed by atoms with van der Waals surface area (Å²) in [6.45, 7) is 7.51. The van der Waals surface area contributed by atoms with E-state index in [4.69, 9.17) is 4.74 Å². The van der Waals surface area contributed by atoms with Crippen molar-refractivity contribution in [3.63, 3.8) is 0 Å². The van der Waals surface area contributed by atoms with Crippen molar-refractivity contribution in [1.82, 2.24) is 15.5 Å². The molecule has 0 aromatic heterocycles. The number of amides is 1. The fraction of sp³-hybridized carbons (Fsp3) is 0.923. The Bertz CT molecular complexity index is 267. The molecular weight excluding hydrogens is 230 g/mol. The molecule has 0 aromatic rings. The number of nitrogens with one attached hydrogen (secondary N) is 2. The topological polar surface area (TPSA) is 53.6 Å². The number of nitrogens with zero attached hydrogens (tertiary/aromatic N) is 1. The van der Waals surface area contributed by atoms with Gasteiger partial charge in [-0.2, -0.15) is 0 Å². The molecule has 5 heteroatoms. The van der Waals surface area contributed by atoms with Crippen molar-refractivity contribution in [2.45, 2.75) is 38.3 Å². The van der Waals surface area contributed by atoms with Gasteiger partial charge in [0.25, 0.3) is 0 Å². The lowest BCUT2D eigenvalue weighted by Crippen LogP contribution is -2.51. The van der Waals surface area contributed by atoms with Gasteiger partial charge in [0.2, 0.25) is 5.91 Å². The summed E-state index contributed by atoms with van der Waals surface area (Å²) < 4.78 is 5.67. The first-order valence-corrected chi connectivity index (χ1v) is 7.14. The summed E-state index contributed by atoms with van der Waals surface area (Å²) in [4.78, 5) is 14.3. The van der Waals surface area contributed by atoms with E-state index in [1.807, 2.05) is 0 Å². The molecule has 0 aromatic carbocycles. The maximum absolute atomic E-state index is 11.9. The minimum atomic E-state index is 0.00428. The van der Waals surface area contributed by atoms with E-state index in [0.717, 1.165) is 45.6 Å².